The second-order valence-corrected chi connectivity index (χ2v) is 2.88. The van der Waals surface area contributed by atoms with Gasteiger partial charge in [0.15, 0.2) is 12.6 Å². The maximum atomic E-state index is 10.7. The SMILES string of the molecule is CCOc1c(C=O)cc([N+](=O)[O-])cc1C=O. The van der Waals surface area contributed by atoms with Crippen LogP contribution in [0.2, 0.25) is 0 Å². The number of hydrogen-bond acceptors (Lipinski definition) is 5. The van der Waals surface area contributed by atoms with E-state index in [4.69, 9.17) is 4.74 Å². The average Bonchev–Trinajstić information content (AvgIpc) is 2.29. The molecule has 1 aromatic carbocycles. The zero-order valence-corrected chi connectivity index (χ0v) is 8.50. The van der Waals surface area contributed by atoms with Gasteiger partial charge in [0, 0.05) is 12.1 Å². The Morgan fingerprint density at radius 2 is 1.81 bits per heavy atom. The van der Waals surface area contributed by atoms with Crippen LogP contribution in [0.3, 0.4) is 0 Å². The lowest BCUT2D eigenvalue weighted by molar-refractivity contribution is -0.384. The number of nitro groups is 1. The van der Waals surface area contributed by atoms with Crippen molar-refractivity contribution in [3.63, 3.8) is 0 Å². The van der Waals surface area contributed by atoms with Crippen LogP contribution in [-0.2, 0) is 0 Å². The fourth-order valence-corrected chi connectivity index (χ4v) is 1.25. The van der Waals surface area contributed by atoms with E-state index in [1.165, 1.54) is 0 Å². The molecule has 0 aliphatic heterocycles. The molecule has 6 heteroatoms. The summed E-state index contributed by atoms with van der Waals surface area (Å²) in [5.41, 5.74) is -0.316. The minimum absolute atomic E-state index is 0.00171. The molecule has 0 bridgehead atoms. The van der Waals surface area contributed by atoms with E-state index in [0.29, 0.717) is 12.6 Å². The van der Waals surface area contributed by atoms with Gasteiger partial charge in [-0.25, -0.2) is 0 Å². The molecule has 0 amide bonds. The molecule has 0 saturated heterocycles. The average molecular weight is 223 g/mol. The number of ether oxygens (including phenoxy) is 1. The van der Waals surface area contributed by atoms with Gasteiger partial charge < -0.3 is 4.74 Å². The quantitative estimate of drug-likeness (QED) is 0.430. The Hall–Kier alpha value is -2.24. The number of carbonyl (C=O) groups excluding carboxylic acids is 2. The number of hydrogen-bond donors (Lipinski definition) is 0. The normalized spacial score (nSPS) is 9.56. The molecular weight excluding hydrogens is 214 g/mol. The Balaban J connectivity index is 3.42. The van der Waals surface area contributed by atoms with E-state index in [1.807, 2.05) is 0 Å². The number of non-ortho nitro benzene ring substituents is 1. The monoisotopic (exact) mass is 223 g/mol. The molecule has 84 valence electrons. The van der Waals surface area contributed by atoms with E-state index in [-0.39, 0.29) is 29.2 Å². The highest BCUT2D eigenvalue weighted by molar-refractivity contribution is 5.90. The molecular formula is C10H9NO5. The molecule has 0 spiro atoms. The van der Waals surface area contributed by atoms with Gasteiger partial charge in [0.25, 0.3) is 5.69 Å². The number of carbonyl (C=O) groups is 2. The Morgan fingerprint density at radius 3 is 2.12 bits per heavy atom. The van der Waals surface area contributed by atoms with Crippen LogP contribution in [0.15, 0.2) is 12.1 Å². The van der Waals surface area contributed by atoms with Crippen molar-refractivity contribution in [3.05, 3.63) is 33.4 Å². The Morgan fingerprint density at radius 1 is 1.31 bits per heavy atom. The van der Waals surface area contributed by atoms with Crippen LogP contribution in [0.25, 0.3) is 0 Å². The Labute approximate surface area is 91.0 Å². The lowest BCUT2D eigenvalue weighted by atomic mass is 10.1. The smallest absolute Gasteiger partial charge is 0.271 e. The molecule has 0 atom stereocenters. The van der Waals surface area contributed by atoms with Gasteiger partial charge in [0.2, 0.25) is 0 Å². The van der Waals surface area contributed by atoms with Crippen LogP contribution in [0.4, 0.5) is 5.69 Å². The molecule has 0 radical (unpaired) electrons. The predicted molar refractivity (Wildman–Crippen MR) is 55.0 cm³/mol. The predicted octanol–water partition coefficient (Wildman–Crippen LogP) is 1.62. The van der Waals surface area contributed by atoms with Gasteiger partial charge in [0.05, 0.1) is 22.7 Å². The maximum Gasteiger partial charge on any atom is 0.271 e. The summed E-state index contributed by atoms with van der Waals surface area (Å²) < 4.78 is 5.10. The van der Waals surface area contributed by atoms with Gasteiger partial charge in [-0.2, -0.15) is 0 Å². The van der Waals surface area contributed by atoms with Crippen LogP contribution >= 0.6 is 0 Å². The number of nitrogens with zero attached hydrogens (tertiary/aromatic N) is 1. The van der Waals surface area contributed by atoms with Crippen molar-refractivity contribution >= 4 is 18.3 Å². The highest BCUT2D eigenvalue weighted by atomic mass is 16.6. The number of aldehydes is 2. The molecule has 0 aliphatic rings. The summed E-state index contributed by atoms with van der Waals surface area (Å²) in [6, 6.07) is 2.15. The highest BCUT2D eigenvalue weighted by Gasteiger charge is 2.16. The second-order valence-electron chi connectivity index (χ2n) is 2.88. The molecule has 6 nitrogen and oxygen atoms in total. The second kappa shape index (κ2) is 5.01. The molecule has 0 fully saturated rings. The molecule has 16 heavy (non-hydrogen) atoms. The first-order valence-corrected chi connectivity index (χ1v) is 4.49. The van der Waals surface area contributed by atoms with Gasteiger partial charge >= 0.3 is 0 Å². The molecule has 0 unspecified atom stereocenters. The van der Waals surface area contributed by atoms with E-state index in [9.17, 15) is 19.7 Å². The van der Waals surface area contributed by atoms with E-state index in [0.717, 1.165) is 12.1 Å². The van der Waals surface area contributed by atoms with Gasteiger partial charge in [-0.15, -0.1) is 0 Å². The van der Waals surface area contributed by atoms with Crippen molar-refractivity contribution in [1.82, 2.24) is 0 Å². The minimum atomic E-state index is -0.671. The van der Waals surface area contributed by atoms with Crippen LogP contribution in [0.5, 0.6) is 5.75 Å². The minimum Gasteiger partial charge on any atom is -0.492 e. The number of rotatable bonds is 5. The summed E-state index contributed by atoms with van der Waals surface area (Å²) in [6.07, 6.45) is 0.843. The number of nitro benzene ring substituents is 1. The summed E-state index contributed by atoms with van der Waals surface area (Å²) in [7, 11) is 0. The van der Waals surface area contributed by atoms with Crippen molar-refractivity contribution < 1.29 is 19.2 Å². The zero-order valence-electron chi connectivity index (χ0n) is 8.50. The Kier molecular flexibility index (Phi) is 3.71. The summed E-state index contributed by atoms with van der Waals surface area (Å²) in [5, 5.41) is 10.5. The van der Waals surface area contributed by atoms with Crippen molar-refractivity contribution in [3.8, 4) is 5.75 Å². The van der Waals surface area contributed by atoms with Crippen LogP contribution < -0.4 is 4.74 Å². The lowest BCUT2D eigenvalue weighted by Gasteiger charge is -2.08. The fourth-order valence-electron chi connectivity index (χ4n) is 1.25. The molecule has 0 aliphatic carbocycles. The lowest BCUT2D eigenvalue weighted by Crippen LogP contribution is -2.02. The highest BCUT2D eigenvalue weighted by Crippen LogP contribution is 2.27. The number of benzene rings is 1. The summed E-state index contributed by atoms with van der Waals surface area (Å²) >= 11 is 0. The third-order valence-corrected chi connectivity index (χ3v) is 1.88. The van der Waals surface area contributed by atoms with E-state index in [1.54, 1.807) is 6.92 Å². The topological polar surface area (TPSA) is 86.5 Å². The first-order chi connectivity index (χ1) is 7.63. The van der Waals surface area contributed by atoms with E-state index in [2.05, 4.69) is 0 Å². The molecule has 0 aromatic heterocycles. The Bertz CT molecular complexity index is 412. The standard InChI is InChI=1S/C10H9NO5/c1-2-16-10-7(5-12)3-9(11(14)15)4-8(10)6-13/h3-6H,2H2,1H3. The molecule has 0 heterocycles. The molecule has 1 aromatic rings. The van der Waals surface area contributed by atoms with Gasteiger partial charge in [-0.3, -0.25) is 19.7 Å². The summed E-state index contributed by atoms with van der Waals surface area (Å²) in [5.74, 6) is 0.0816. The van der Waals surface area contributed by atoms with Crippen LogP contribution in [0.1, 0.15) is 27.6 Å². The maximum absolute atomic E-state index is 10.7. The van der Waals surface area contributed by atoms with Gasteiger partial charge in [-0.1, -0.05) is 0 Å². The molecule has 0 saturated carbocycles. The van der Waals surface area contributed by atoms with E-state index < -0.39 is 4.92 Å². The van der Waals surface area contributed by atoms with Crippen molar-refractivity contribution in [2.24, 2.45) is 0 Å². The van der Waals surface area contributed by atoms with Gasteiger partial charge in [0.1, 0.15) is 5.75 Å². The first-order valence-electron chi connectivity index (χ1n) is 4.49. The third kappa shape index (κ3) is 2.22. The van der Waals surface area contributed by atoms with Gasteiger partial charge in [-0.05, 0) is 6.92 Å². The first kappa shape index (κ1) is 11.8. The zero-order chi connectivity index (χ0) is 12.1. The van der Waals surface area contributed by atoms with Crippen molar-refractivity contribution in [2.45, 2.75) is 6.92 Å². The van der Waals surface area contributed by atoms with Crippen LogP contribution in [-0.4, -0.2) is 24.1 Å². The largest absolute Gasteiger partial charge is 0.492 e. The molecule has 0 N–H and O–H groups in total. The van der Waals surface area contributed by atoms with Crippen molar-refractivity contribution in [1.29, 1.82) is 0 Å². The summed E-state index contributed by atoms with van der Waals surface area (Å²) in [6.45, 7) is 1.95. The fraction of sp³-hybridized carbons (Fsp3) is 0.200. The van der Waals surface area contributed by atoms with Crippen LogP contribution in [0, 0.1) is 10.1 Å². The third-order valence-electron chi connectivity index (χ3n) is 1.88. The molecule has 1 rings (SSSR count). The van der Waals surface area contributed by atoms with Crippen molar-refractivity contribution in [2.75, 3.05) is 6.61 Å². The van der Waals surface area contributed by atoms with E-state index >= 15 is 0 Å². The summed E-state index contributed by atoms with van der Waals surface area (Å²) in [4.78, 5) is 31.3.